The topological polar surface area (TPSA) is 66.6 Å². The first-order valence-electron chi connectivity index (χ1n) is 9.73. The Labute approximate surface area is 161 Å². The fourth-order valence-electron chi connectivity index (χ4n) is 5.31. The van der Waals surface area contributed by atoms with Gasteiger partial charge >= 0.3 is 6.18 Å². The zero-order chi connectivity index (χ0) is 20.1. The van der Waals surface area contributed by atoms with Gasteiger partial charge < -0.3 is 10.6 Å². The first kappa shape index (κ1) is 19.2. The maximum absolute atomic E-state index is 12.8. The standard InChI is InChI=1S/C20H24F3N3O2/c21-20(22,23)15-6-4-12(5-7-15)9-25-10-13-8-14(11-25)18(19(24)28)26-16(13)2-1-3-17(26)27/h4-7,13-14,16,18H,1-3,8-11H2,(H2,24,28)/t13-,14+,16+,18-/m1/s1. The number of piperidine rings is 3. The maximum Gasteiger partial charge on any atom is 0.416 e. The first-order valence-corrected chi connectivity index (χ1v) is 9.73. The molecule has 3 aliphatic heterocycles. The fraction of sp³-hybridized carbons (Fsp3) is 0.600. The van der Waals surface area contributed by atoms with Crippen LogP contribution in [0.5, 0.6) is 0 Å². The van der Waals surface area contributed by atoms with Crippen molar-refractivity contribution in [2.75, 3.05) is 13.1 Å². The fourth-order valence-corrected chi connectivity index (χ4v) is 5.31. The number of amides is 2. The number of hydrogen-bond acceptors (Lipinski definition) is 3. The van der Waals surface area contributed by atoms with E-state index >= 15 is 0 Å². The number of alkyl halides is 3. The summed E-state index contributed by atoms with van der Waals surface area (Å²) in [6, 6.07) is 4.68. The lowest BCUT2D eigenvalue weighted by molar-refractivity contribution is -0.159. The molecule has 0 radical (unpaired) electrons. The molecule has 0 saturated carbocycles. The smallest absolute Gasteiger partial charge is 0.368 e. The van der Waals surface area contributed by atoms with Crippen molar-refractivity contribution in [1.82, 2.24) is 9.80 Å². The normalized spacial score (nSPS) is 30.8. The van der Waals surface area contributed by atoms with Gasteiger partial charge in [-0.1, -0.05) is 12.1 Å². The van der Waals surface area contributed by atoms with Crippen molar-refractivity contribution in [2.24, 2.45) is 17.6 Å². The number of nitrogens with two attached hydrogens (primary N) is 1. The van der Waals surface area contributed by atoms with E-state index in [4.69, 9.17) is 5.73 Å². The number of carbonyl (C=O) groups is 2. The van der Waals surface area contributed by atoms with Crippen LogP contribution in [0.2, 0.25) is 0 Å². The molecule has 0 unspecified atom stereocenters. The van der Waals surface area contributed by atoms with Gasteiger partial charge in [0.1, 0.15) is 6.04 Å². The lowest BCUT2D eigenvalue weighted by Gasteiger charge is -2.55. The Morgan fingerprint density at radius 3 is 2.46 bits per heavy atom. The Bertz CT molecular complexity index is 765. The summed E-state index contributed by atoms with van der Waals surface area (Å²) in [7, 11) is 0. The van der Waals surface area contributed by atoms with Crippen LogP contribution in [-0.2, 0) is 22.3 Å². The molecule has 3 aliphatic rings. The number of fused-ring (bicyclic) bond motifs is 4. The number of hydrogen-bond donors (Lipinski definition) is 1. The van der Waals surface area contributed by atoms with Crippen molar-refractivity contribution in [2.45, 2.75) is 50.5 Å². The molecule has 4 atom stereocenters. The largest absolute Gasteiger partial charge is 0.416 e. The highest BCUT2D eigenvalue weighted by Crippen LogP contribution is 2.41. The molecule has 3 heterocycles. The van der Waals surface area contributed by atoms with Gasteiger partial charge in [0.05, 0.1) is 5.56 Å². The zero-order valence-corrected chi connectivity index (χ0v) is 15.5. The summed E-state index contributed by atoms with van der Waals surface area (Å²) >= 11 is 0. The van der Waals surface area contributed by atoms with Gasteiger partial charge in [-0.25, -0.2) is 0 Å². The van der Waals surface area contributed by atoms with Crippen LogP contribution < -0.4 is 5.73 Å². The Morgan fingerprint density at radius 1 is 1.14 bits per heavy atom. The monoisotopic (exact) mass is 395 g/mol. The molecule has 2 bridgehead atoms. The molecule has 1 aromatic rings. The summed E-state index contributed by atoms with van der Waals surface area (Å²) in [5.41, 5.74) is 5.82. The van der Waals surface area contributed by atoms with Gasteiger partial charge in [0.2, 0.25) is 11.8 Å². The first-order chi connectivity index (χ1) is 13.2. The van der Waals surface area contributed by atoms with E-state index in [-0.39, 0.29) is 23.8 Å². The van der Waals surface area contributed by atoms with E-state index in [0.717, 1.165) is 43.5 Å². The van der Waals surface area contributed by atoms with E-state index in [1.807, 2.05) is 0 Å². The van der Waals surface area contributed by atoms with Crippen LogP contribution in [0.3, 0.4) is 0 Å². The molecule has 5 nitrogen and oxygen atoms in total. The number of primary amides is 1. The van der Waals surface area contributed by atoms with Crippen molar-refractivity contribution in [3.63, 3.8) is 0 Å². The third-order valence-electron chi connectivity index (χ3n) is 6.40. The molecule has 2 N–H and O–H groups in total. The van der Waals surface area contributed by atoms with Gasteiger partial charge in [-0.15, -0.1) is 0 Å². The van der Waals surface area contributed by atoms with Crippen molar-refractivity contribution in [3.05, 3.63) is 35.4 Å². The second-order valence-electron chi connectivity index (χ2n) is 8.25. The summed E-state index contributed by atoms with van der Waals surface area (Å²) < 4.78 is 38.3. The summed E-state index contributed by atoms with van der Waals surface area (Å²) in [4.78, 5) is 28.6. The molecule has 2 amide bonds. The van der Waals surface area contributed by atoms with E-state index < -0.39 is 23.7 Å². The van der Waals surface area contributed by atoms with Crippen LogP contribution in [0.1, 0.15) is 36.8 Å². The molecule has 152 valence electrons. The van der Waals surface area contributed by atoms with E-state index in [1.165, 1.54) is 12.1 Å². The second kappa shape index (κ2) is 7.06. The van der Waals surface area contributed by atoms with E-state index in [9.17, 15) is 22.8 Å². The summed E-state index contributed by atoms with van der Waals surface area (Å²) in [5, 5.41) is 0. The highest BCUT2D eigenvalue weighted by atomic mass is 19.4. The highest BCUT2D eigenvalue weighted by molar-refractivity contribution is 5.88. The van der Waals surface area contributed by atoms with Crippen LogP contribution in [0.15, 0.2) is 24.3 Å². The van der Waals surface area contributed by atoms with E-state index in [0.29, 0.717) is 19.5 Å². The Hall–Kier alpha value is -2.09. The minimum atomic E-state index is -4.34. The predicted octanol–water partition coefficient (Wildman–Crippen LogP) is 2.39. The molecule has 3 fully saturated rings. The van der Waals surface area contributed by atoms with Crippen LogP contribution in [0.4, 0.5) is 13.2 Å². The molecule has 1 aromatic carbocycles. The van der Waals surface area contributed by atoms with Crippen molar-refractivity contribution >= 4 is 11.8 Å². The molecule has 3 saturated heterocycles. The molecule has 28 heavy (non-hydrogen) atoms. The van der Waals surface area contributed by atoms with Crippen molar-refractivity contribution in [3.8, 4) is 0 Å². The van der Waals surface area contributed by atoms with Crippen LogP contribution >= 0.6 is 0 Å². The third kappa shape index (κ3) is 3.50. The van der Waals surface area contributed by atoms with Crippen LogP contribution in [-0.4, -0.2) is 46.8 Å². The molecule has 0 spiro atoms. The lowest BCUT2D eigenvalue weighted by atomic mass is 9.72. The van der Waals surface area contributed by atoms with Gasteiger partial charge in [0, 0.05) is 38.0 Å². The van der Waals surface area contributed by atoms with E-state index in [2.05, 4.69) is 4.90 Å². The molecule has 8 heteroatoms. The minimum Gasteiger partial charge on any atom is -0.368 e. The third-order valence-corrected chi connectivity index (χ3v) is 6.40. The number of nitrogens with zero attached hydrogens (tertiary/aromatic N) is 2. The maximum atomic E-state index is 12.8. The second-order valence-corrected chi connectivity index (χ2v) is 8.25. The molecule has 0 aromatic heterocycles. The van der Waals surface area contributed by atoms with Crippen molar-refractivity contribution < 1.29 is 22.8 Å². The average molecular weight is 395 g/mol. The van der Waals surface area contributed by atoms with Gasteiger partial charge in [-0.3, -0.25) is 14.5 Å². The van der Waals surface area contributed by atoms with Gasteiger partial charge in [-0.05, 0) is 42.9 Å². The molecular formula is C20H24F3N3O2. The minimum absolute atomic E-state index is 0.0194. The lowest BCUT2D eigenvalue weighted by Crippen LogP contribution is -2.67. The number of benzene rings is 1. The predicted molar refractivity (Wildman–Crippen MR) is 95.8 cm³/mol. The average Bonchev–Trinajstić information content (AvgIpc) is 2.62. The Balaban J connectivity index is 1.52. The number of halogens is 3. The molecule has 4 rings (SSSR count). The Kier molecular flexibility index (Phi) is 4.85. The SMILES string of the molecule is NC(=O)[C@H]1[C@H]2C[C@H](CN(Cc3ccc(C(F)(F)F)cc3)C2)[C@@H]2CCCC(=O)N21. The van der Waals surface area contributed by atoms with Gasteiger partial charge in [0.25, 0.3) is 0 Å². The van der Waals surface area contributed by atoms with Crippen molar-refractivity contribution in [1.29, 1.82) is 0 Å². The van der Waals surface area contributed by atoms with Crippen LogP contribution in [0.25, 0.3) is 0 Å². The highest BCUT2D eigenvalue weighted by Gasteiger charge is 2.51. The number of rotatable bonds is 3. The summed E-state index contributed by atoms with van der Waals surface area (Å²) in [6.45, 7) is 1.91. The zero-order valence-electron chi connectivity index (χ0n) is 15.5. The number of likely N-dealkylation sites (tertiary alicyclic amines) is 1. The van der Waals surface area contributed by atoms with Crippen LogP contribution in [0, 0.1) is 11.8 Å². The Morgan fingerprint density at radius 2 is 1.82 bits per heavy atom. The summed E-state index contributed by atoms with van der Waals surface area (Å²) in [5.74, 6) is -0.192. The van der Waals surface area contributed by atoms with Gasteiger partial charge in [0.15, 0.2) is 0 Å². The van der Waals surface area contributed by atoms with E-state index in [1.54, 1.807) is 4.90 Å². The number of carbonyl (C=O) groups excluding carboxylic acids is 2. The summed E-state index contributed by atoms with van der Waals surface area (Å²) in [6.07, 6.45) is -1.31. The molecule has 0 aliphatic carbocycles. The molecular weight excluding hydrogens is 371 g/mol. The van der Waals surface area contributed by atoms with Gasteiger partial charge in [-0.2, -0.15) is 13.2 Å². The quantitative estimate of drug-likeness (QED) is 0.855.